The van der Waals surface area contributed by atoms with Crippen molar-refractivity contribution in [1.29, 1.82) is 0 Å². The van der Waals surface area contributed by atoms with E-state index in [9.17, 15) is 4.79 Å². The van der Waals surface area contributed by atoms with Crippen molar-refractivity contribution in [3.05, 3.63) is 46.2 Å². The van der Waals surface area contributed by atoms with Crippen molar-refractivity contribution in [3.63, 3.8) is 0 Å². The van der Waals surface area contributed by atoms with Crippen molar-refractivity contribution >= 4 is 17.2 Å². The molecule has 6 heteroatoms. The lowest BCUT2D eigenvalue weighted by molar-refractivity contribution is 0.0942. The molecule has 1 aromatic heterocycles. The molecule has 0 aliphatic rings. The van der Waals surface area contributed by atoms with E-state index in [0.717, 1.165) is 0 Å². The van der Waals surface area contributed by atoms with Crippen LogP contribution in [0.4, 0.5) is 0 Å². The Morgan fingerprint density at radius 1 is 1.22 bits per heavy atom. The highest BCUT2D eigenvalue weighted by Crippen LogP contribution is 2.27. The predicted octanol–water partition coefficient (Wildman–Crippen LogP) is 2.80. The molecule has 1 heterocycles. The first-order chi connectivity index (χ1) is 11.1. The maximum absolute atomic E-state index is 12.4. The van der Waals surface area contributed by atoms with Gasteiger partial charge in [0.1, 0.15) is 0 Å². The Labute approximate surface area is 140 Å². The van der Waals surface area contributed by atoms with Crippen molar-refractivity contribution in [2.24, 2.45) is 0 Å². The molecule has 0 radical (unpaired) electrons. The van der Waals surface area contributed by atoms with E-state index in [-0.39, 0.29) is 11.9 Å². The Hall–Kier alpha value is -2.05. The number of ether oxygens (including phenoxy) is 2. The van der Waals surface area contributed by atoms with Crippen LogP contribution < -0.4 is 14.8 Å². The summed E-state index contributed by atoms with van der Waals surface area (Å²) in [6.45, 7) is 0.542. The Morgan fingerprint density at radius 2 is 1.96 bits per heavy atom. The molecule has 0 spiro atoms. The molecule has 0 aliphatic heterocycles. The van der Waals surface area contributed by atoms with Crippen molar-refractivity contribution in [2.75, 3.05) is 34.9 Å². The first kappa shape index (κ1) is 17.3. The number of benzene rings is 1. The lowest BCUT2D eigenvalue weighted by Gasteiger charge is -2.23. The minimum atomic E-state index is -0.130. The number of likely N-dealkylation sites (N-methyl/N-ethyl adjacent to an activating group) is 1. The van der Waals surface area contributed by atoms with Gasteiger partial charge in [0.15, 0.2) is 11.5 Å². The van der Waals surface area contributed by atoms with E-state index in [1.54, 1.807) is 43.8 Å². The standard InChI is InChI=1S/C17H22N2O3S/c1-19(2)13(16-6-5-9-23-16)11-18-17(20)12-7-8-14(21-3)15(10-12)22-4/h5-10,13H,11H2,1-4H3,(H,18,20)/t13-/m1/s1. The molecule has 124 valence electrons. The molecule has 5 nitrogen and oxygen atoms in total. The highest BCUT2D eigenvalue weighted by molar-refractivity contribution is 7.10. The van der Waals surface area contributed by atoms with Crippen molar-refractivity contribution < 1.29 is 14.3 Å². The molecule has 1 amide bonds. The van der Waals surface area contributed by atoms with Gasteiger partial charge in [0.2, 0.25) is 0 Å². The quantitative estimate of drug-likeness (QED) is 0.846. The van der Waals surface area contributed by atoms with Gasteiger partial charge in [-0.2, -0.15) is 0 Å². The van der Waals surface area contributed by atoms with Crippen molar-refractivity contribution in [2.45, 2.75) is 6.04 Å². The number of methoxy groups -OCH3 is 2. The average Bonchev–Trinajstić information content (AvgIpc) is 3.08. The Morgan fingerprint density at radius 3 is 2.52 bits per heavy atom. The number of rotatable bonds is 7. The molecule has 0 saturated carbocycles. The Balaban J connectivity index is 2.06. The minimum Gasteiger partial charge on any atom is -0.493 e. The largest absolute Gasteiger partial charge is 0.493 e. The zero-order valence-corrected chi connectivity index (χ0v) is 14.6. The summed E-state index contributed by atoms with van der Waals surface area (Å²) in [7, 11) is 7.14. The van der Waals surface area contributed by atoms with Crippen LogP contribution in [0.3, 0.4) is 0 Å². The van der Waals surface area contributed by atoms with Crippen LogP contribution in [0.1, 0.15) is 21.3 Å². The molecule has 2 aromatic rings. The van der Waals surface area contributed by atoms with Crippen LogP contribution in [0.5, 0.6) is 11.5 Å². The van der Waals surface area contributed by atoms with E-state index in [1.807, 2.05) is 25.5 Å². The lowest BCUT2D eigenvalue weighted by atomic mass is 10.1. The molecular weight excluding hydrogens is 312 g/mol. The van der Waals surface area contributed by atoms with Gasteiger partial charge in [-0.15, -0.1) is 11.3 Å². The maximum Gasteiger partial charge on any atom is 0.251 e. The fourth-order valence-electron chi connectivity index (χ4n) is 2.29. The highest BCUT2D eigenvalue weighted by Gasteiger charge is 2.17. The zero-order valence-electron chi connectivity index (χ0n) is 13.8. The second-order valence-electron chi connectivity index (χ2n) is 5.27. The van der Waals surface area contributed by atoms with E-state index in [2.05, 4.69) is 16.3 Å². The number of hydrogen-bond acceptors (Lipinski definition) is 5. The van der Waals surface area contributed by atoms with Gasteiger partial charge >= 0.3 is 0 Å². The average molecular weight is 334 g/mol. The summed E-state index contributed by atoms with van der Waals surface area (Å²) in [6.07, 6.45) is 0. The summed E-state index contributed by atoms with van der Waals surface area (Å²) in [5, 5.41) is 5.03. The van der Waals surface area contributed by atoms with E-state index in [1.165, 1.54) is 4.88 Å². The van der Waals surface area contributed by atoms with Gasteiger partial charge in [0.05, 0.1) is 20.3 Å². The minimum absolute atomic E-state index is 0.130. The van der Waals surface area contributed by atoms with Crippen LogP contribution in [0.2, 0.25) is 0 Å². The van der Waals surface area contributed by atoms with Gasteiger partial charge in [0.25, 0.3) is 5.91 Å². The first-order valence-corrected chi connectivity index (χ1v) is 8.14. The summed E-state index contributed by atoms with van der Waals surface area (Å²) in [4.78, 5) is 15.7. The molecule has 0 fully saturated rings. The van der Waals surface area contributed by atoms with Crippen molar-refractivity contribution in [3.8, 4) is 11.5 Å². The van der Waals surface area contributed by atoms with Gasteiger partial charge < -0.3 is 19.7 Å². The molecule has 1 N–H and O–H groups in total. The van der Waals surface area contributed by atoms with Crippen LogP contribution >= 0.6 is 11.3 Å². The number of hydrogen-bond donors (Lipinski definition) is 1. The molecule has 0 aliphatic carbocycles. The summed E-state index contributed by atoms with van der Waals surface area (Å²) >= 11 is 1.69. The van der Waals surface area contributed by atoms with Gasteiger partial charge in [-0.3, -0.25) is 4.79 Å². The van der Waals surface area contributed by atoms with E-state index in [4.69, 9.17) is 9.47 Å². The molecule has 23 heavy (non-hydrogen) atoms. The second-order valence-corrected chi connectivity index (χ2v) is 6.25. The van der Waals surface area contributed by atoms with Gasteiger partial charge in [-0.05, 0) is 43.7 Å². The van der Waals surface area contributed by atoms with E-state index < -0.39 is 0 Å². The summed E-state index contributed by atoms with van der Waals surface area (Å²) in [6, 6.07) is 9.40. The molecule has 0 bridgehead atoms. The number of carbonyl (C=O) groups is 1. The fraction of sp³-hybridized carbons (Fsp3) is 0.353. The number of thiophene rings is 1. The SMILES string of the molecule is COc1ccc(C(=O)NC[C@H](c2cccs2)N(C)C)cc1OC. The second kappa shape index (κ2) is 7.99. The molecule has 0 unspecified atom stereocenters. The van der Waals surface area contributed by atoms with Crippen LogP contribution in [-0.4, -0.2) is 45.7 Å². The van der Waals surface area contributed by atoms with Gasteiger partial charge in [0, 0.05) is 17.0 Å². The van der Waals surface area contributed by atoms with Gasteiger partial charge in [-0.1, -0.05) is 6.07 Å². The molecule has 1 atom stereocenters. The molecule has 0 saturated heterocycles. The van der Waals surface area contributed by atoms with Gasteiger partial charge in [-0.25, -0.2) is 0 Å². The Kier molecular flexibility index (Phi) is 6.01. The summed E-state index contributed by atoms with van der Waals surface area (Å²) < 4.78 is 10.4. The Bertz CT molecular complexity index is 641. The van der Waals surface area contributed by atoms with E-state index in [0.29, 0.717) is 23.6 Å². The normalized spacial score (nSPS) is 12.0. The molecule has 2 rings (SSSR count). The smallest absolute Gasteiger partial charge is 0.251 e. The van der Waals surface area contributed by atoms with Crippen LogP contribution in [0, 0.1) is 0 Å². The first-order valence-electron chi connectivity index (χ1n) is 7.27. The highest BCUT2D eigenvalue weighted by atomic mass is 32.1. The van der Waals surface area contributed by atoms with Crippen LogP contribution in [-0.2, 0) is 0 Å². The number of amides is 1. The molecular formula is C17H22N2O3S. The zero-order chi connectivity index (χ0) is 16.8. The van der Waals surface area contributed by atoms with Crippen LogP contribution in [0.15, 0.2) is 35.7 Å². The summed E-state index contributed by atoms with van der Waals surface area (Å²) in [5.74, 6) is 1.02. The maximum atomic E-state index is 12.4. The fourth-order valence-corrected chi connectivity index (χ4v) is 3.21. The lowest BCUT2D eigenvalue weighted by Crippen LogP contribution is -2.34. The third kappa shape index (κ3) is 4.24. The topological polar surface area (TPSA) is 50.8 Å². The van der Waals surface area contributed by atoms with E-state index >= 15 is 0 Å². The number of nitrogens with one attached hydrogen (secondary N) is 1. The molecule has 1 aromatic carbocycles. The van der Waals surface area contributed by atoms with Crippen LogP contribution in [0.25, 0.3) is 0 Å². The predicted molar refractivity (Wildman–Crippen MR) is 92.6 cm³/mol. The number of nitrogens with zero attached hydrogens (tertiary/aromatic N) is 1. The third-order valence-corrected chi connectivity index (χ3v) is 4.57. The monoisotopic (exact) mass is 334 g/mol. The summed E-state index contributed by atoms with van der Waals surface area (Å²) in [5.41, 5.74) is 0.548. The number of carbonyl (C=O) groups excluding carboxylic acids is 1. The van der Waals surface area contributed by atoms with Crippen molar-refractivity contribution in [1.82, 2.24) is 10.2 Å². The third-order valence-electron chi connectivity index (χ3n) is 3.60.